The minimum Gasteiger partial charge on any atom is -0.493 e. The summed E-state index contributed by atoms with van der Waals surface area (Å²) < 4.78 is 10.7. The van der Waals surface area contributed by atoms with Gasteiger partial charge in [0.05, 0.1) is 13.7 Å². The zero-order chi connectivity index (χ0) is 13.5. The summed E-state index contributed by atoms with van der Waals surface area (Å²) in [5.74, 6) is 0.0318. The number of carbonyl (C=O) groups is 1. The molecule has 5 heteroatoms. The van der Waals surface area contributed by atoms with Crippen LogP contribution in [0.1, 0.15) is 31.4 Å². The first-order chi connectivity index (χ1) is 8.60. The van der Waals surface area contributed by atoms with Crippen LogP contribution in [0, 0.1) is 0 Å². The Bertz CT molecular complexity index is 406. The molecule has 0 aliphatic heterocycles. The second-order valence-electron chi connectivity index (χ2n) is 3.93. The molecule has 1 unspecified atom stereocenters. The fraction of sp³-hybridized carbons (Fsp3) is 0.462. The molecule has 0 saturated carbocycles. The van der Waals surface area contributed by atoms with E-state index in [2.05, 4.69) is 6.92 Å². The Hall–Kier alpha value is -1.75. The minimum atomic E-state index is -1.07. The van der Waals surface area contributed by atoms with Gasteiger partial charge in [0.15, 0.2) is 11.5 Å². The topological polar surface area (TPSA) is 81.8 Å². The number of methoxy groups -OCH3 is 1. The van der Waals surface area contributed by atoms with Crippen molar-refractivity contribution in [3.8, 4) is 11.5 Å². The Balaban J connectivity index is 2.86. The van der Waals surface area contributed by atoms with E-state index < -0.39 is 12.0 Å². The maximum absolute atomic E-state index is 10.8. The van der Waals surface area contributed by atoms with Crippen LogP contribution in [-0.4, -0.2) is 24.8 Å². The second kappa shape index (κ2) is 6.86. The monoisotopic (exact) mass is 253 g/mol. The third kappa shape index (κ3) is 3.63. The number of carboxylic acids is 1. The van der Waals surface area contributed by atoms with Crippen molar-refractivity contribution in [1.82, 2.24) is 0 Å². The molecular formula is C13H19NO4. The highest BCUT2D eigenvalue weighted by molar-refractivity contribution is 5.75. The Morgan fingerprint density at radius 2 is 2.17 bits per heavy atom. The molecule has 0 aliphatic carbocycles. The van der Waals surface area contributed by atoms with Gasteiger partial charge in [0.1, 0.15) is 6.04 Å². The largest absolute Gasteiger partial charge is 0.493 e. The SMILES string of the molecule is CCCCOc1ccc(C(N)C(=O)O)cc1OC. The van der Waals surface area contributed by atoms with Crippen molar-refractivity contribution in [2.45, 2.75) is 25.8 Å². The summed E-state index contributed by atoms with van der Waals surface area (Å²) in [6, 6.07) is 3.87. The Morgan fingerprint density at radius 1 is 1.44 bits per heavy atom. The van der Waals surface area contributed by atoms with Gasteiger partial charge in [-0.3, -0.25) is 4.79 Å². The molecule has 0 aliphatic rings. The van der Waals surface area contributed by atoms with E-state index in [1.54, 1.807) is 18.2 Å². The molecule has 0 radical (unpaired) electrons. The van der Waals surface area contributed by atoms with Crippen molar-refractivity contribution in [1.29, 1.82) is 0 Å². The zero-order valence-corrected chi connectivity index (χ0v) is 10.7. The average molecular weight is 253 g/mol. The zero-order valence-electron chi connectivity index (χ0n) is 10.7. The predicted molar refractivity (Wildman–Crippen MR) is 68.0 cm³/mol. The standard InChI is InChI=1S/C13H19NO4/c1-3-4-7-18-10-6-5-9(8-11(10)17-2)12(14)13(15)16/h5-6,8,12H,3-4,7,14H2,1-2H3,(H,15,16). The van der Waals surface area contributed by atoms with Crippen molar-refractivity contribution >= 4 is 5.97 Å². The van der Waals surface area contributed by atoms with E-state index >= 15 is 0 Å². The van der Waals surface area contributed by atoms with Crippen LogP contribution < -0.4 is 15.2 Å². The Labute approximate surface area is 107 Å². The third-order valence-corrected chi connectivity index (χ3v) is 2.57. The quantitative estimate of drug-likeness (QED) is 0.726. The van der Waals surface area contributed by atoms with Gasteiger partial charge >= 0.3 is 5.97 Å². The molecule has 0 saturated heterocycles. The van der Waals surface area contributed by atoms with Gasteiger partial charge in [0.2, 0.25) is 0 Å². The number of hydrogen-bond acceptors (Lipinski definition) is 4. The lowest BCUT2D eigenvalue weighted by Gasteiger charge is -2.13. The molecule has 0 spiro atoms. The predicted octanol–water partition coefficient (Wildman–Crippen LogP) is 1.96. The van der Waals surface area contributed by atoms with Gasteiger partial charge < -0.3 is 20.3 Å². The number of nitrogens with two attached hydrogens (primary N) is 1. The molecule has 1 aromatic carbocycles. The fourth-order valence-electron chi connectivity index (χ4n) is 1.47. The second-order valence-corrected chi connectivity index (χ2v) is 3.93. The van der Waals surface area contributed by atoms with Crippen molar-refractivity contribution < 1.29 is 19.4 Å². The van der Waals surface area contributed by atoms with Crippen LogP contribution in [0.25, 0.3) is 0 Å². The summed E-state index contributed by atoms with van der Waals surface area (Å²) in [5.41, 5.74) is 6.03. The molecule has 0 heterocycles. The summed E-state index contributed by atoms with van der Waals surface area (Å²) >= 11 is 0. The lowest BCUT2D eigenvalue weighted by molar-refractivity contribution is -0.138. The van der Waals surface area contributed by atoms with Crippen LogP contribution in [0.4, 0.5) is 0 Å². The number of rotatable bonds is 7. The first kappa shape index (κ1) is 14.3. The highest BCUT2D eigenvalue weighted by atomic mass is 16.5. The molecule has 0 bridgehead atoms. The minimum absolute atomic E-state index is 0.488. The number of unbranched alkanes of at least 4 members (excludes halogenated alkanes) is 1. The normalized spacial score (nSPS) is 11.9. The smallest absolute Gasteiger partial charge is 0.325 e. The van der Waals surface area contributed by atoms with Gasteiger partial charge in [-0.1, -0.05) is 19.4 Å². The van der Waals surface area contributed by atoms with E-state index in [9.17, 15) is 4.79 Å². The first-order valence-corrected chi connectivity index (χ1v) is 5.89. The average Bonchev–Trinajstić information content (AvgIpc) is 2.38. The van der Waals surface area contributed by atoms with E-state index in [0.29, 0.717) is 23.7 Å². The highest BCUT2D eigenvalue weighted by Crippen LogP contribution is 2.30. The summed E-state index contributed by atoms with van der Waals surface area (Å²) in [6.45, 7) is 2.69. The maximum Gasteiger partial charge on any atom is 0.325 e. The number of carboxylic acid groups (broad SMARTS) is 1. The molecule has 1 aromatic rings. The first-order valence-electron chi connectivity index (χ1n) is 5.89. The summed E-state index contributed by atoms with van der Waals surface area (Å²) in [7, 11) is 1.51. The van der Waals surface area contributed by atoms with E-state index in [4.69, 9.17) is 20.3 Å². The van der Waals surface area contributed by atoms with Crippen molar-refractivity contribution in [3.05, 3.63) is 23.8 Å². The van der Waals surface area contributed by atoms with Gasteiger partial charge in [-0.05, 0) is 24.1 Å². The maximum atomic E-state index is 10.8. The van der Waals surface area contributed by atoms with E-state index in [1.165, 1.54) is 7.11 Å². The molecule has 3 N–H and O–H groups in total. The summed E-state index contributed by atoms with van der Waals surface area (Å²) in [4.78, 5) is 10.8. The van der Waals surface area contributed by atoms with Crippen LogP contribution in [-0.2, 0) is 4.79 Å². The molecule has 0 amide bonds. The van der Waals surface area contributed by atoms with Crippen LogP contribution in [0.15, 0.2) is 18.2 Å². The highest BCUT2D eigenvalue weighted by Gasteiger charge is 2.16. The van der Waals surface area contributed by atoms with Gasteiger partial charge in [0.25, 0.3) is 0 Å². The molecule has 5 nitrogen and oxygen atoms in total. The Morgan fingerprint density at radius 3 is 2.72 bits per heavy atom. The van der Waals surface area contributed by atoms with Gasteiger partial charge in [-0.2, -0.15) is 0 Å². The lowest BCUT2D eigenvalue weighted by atomic mass is 10.1. The van der Waals surface area contributed by atoms with Crippen LogP contribution in [0.5, 0.6) is 11.5 Å². The van der Waals surface area contributed by atoms with Crippen LogP contribution >= 0.6 is 0 Å². The van der Waals surface area contributed by atoms with E-state index in [-0.39, 0.29) is 0 Å². The van der Waals surface area contributed by atoms with Crippen LogP contribution in [0.3, 0.4) is 0 Å². The molecule has 1 atom stereocenters. The van der Waals surface area contributed by atoms with Crippen molar-refractivity contribution in [2.75, 3.05) is 13.7 Å². The van der Waals surface area contributed by atoms with Gasteiger partial charge in [-0.25, -0.2) is 0 Å². The molecule has 0 aromatic heterocycles. The van der Waals surface area contributed by atoms with Crippen molar-refractivity contribution in [3.63, 3.8) is 0 Å². The number of hydrogen-bond donors (Lipinski definition) is 2. The molecular weight excluding hydrogens is 234 g/mol. The van der Waals surface area contributed by atoms with E-state index in [1.807, 2.05) is 0 Å². The fourth-order valence-corrected chi connectivity index (χ4v) is 1.47. The van der Waals surface area contributed by atoms with Crippen molar-refractivity contribution in [2.24, 2.45) is 5.73 Å². The number of aliphatic carboxylic acids is 1. The third-order valence-electron chi connectivity index (χ3n) is 2.57. The number of benzene rings is 1. The van der Waals surface area contributed by atoms with Crippen LogP contribution in [0.2, 0.25) is 0 Å². The molecule has 0 fully saturated rings. The lowest BCUT2D eigenvalue weighted by Crippen LogP contribution is -2.20. The molecule has 100 valence electrons. The molecule has 1 rings (SSSR count). The summed E-state index contributed by atoms with van der Waals surface area (Å²) in [5, 5.41) is 8.84. The molecule has 18 heavy (non-hydrogen) atoms. The van der Waals surface area contributed by atoms with E-state index in [0.717, 1.165) is 12.8 Å². The van der Waals surface area contributed by atoms with Gasteiger partial charge in [-0.15, -0.1) is 0 Å². The number of ether oxygens (including phenoxy) is 2. The van der Waals surface area contributed by atoms with Gasteiger partial charge in [0, 0.05) is 0 Å². The Kier molecular flexibility index (Phi) is 5.45. The summed E-state index contributed by atoms with van der Waals surface area (Å²) in [6.07, 6.45) is 2.00.